The molecule has 2 aromatic carbocycles. The third-order valence-electron chi connectivity index (χ3n) is 4.87. The highest BCUT2D eigenvalue weighted by Crippen LogP contribution is 2.34. The van der Waals surface area contributed by atoms with Crippen molar-refractivity contribution in [3.63, 3.8) is 0 Å². The Balaban J connectivity index is 1.59. The third-order valence-corrected chi connectivity index (χ3v) is 4.87. The number of nitrogens with one attached hydrogen (secondary N) is 1. The number of hydrogen-bond acceptors (Lipinski definition) is 4. The van der Waals surface area contributed by atoms with Gasteiger partial charge in [0.05, 0.1) is 4.92 Å². The van der Waals surface area contributed by atoms with E-state index in [0.717, 1.165) is 25.7 Å². The molecule has 0 aliphatic heterocycles. The van der Waals surface area contributed by atoms with Crippen LogP contribution in [0.1, 0.15) is 41.6 Å². The van der Waals surface area contributed by atoms with Crippen molar-refractivity contribution in [2.24, 2.45) is 0 Å². The van der Waals surface area contributed by atoms with Crippen molar-refractivity contribution >= 4 is 17.3 Å². The fraction of sp³-hybridized carbons (Fsp3) is 0.350. The first kappa shape index (κ1) is 17.5. The normalized spacial score (nSPS) is 16.0. The first-order chi connectivity index (χ1) is 13.0. The lowest BCUT2D eigenvalue weighted by Crippen LogP contribution is -2.32. The zero-order valence-electron chi connectivity index (χ0n) is 14.7. The van der Waals surface area contributed by atoms with E-state index >= 15 is 0 Å². The molecule has 7 heteroatoms. The summed E-state index contributed by atoms with van der Waals surface area (Å²) in [6, 6.07) is 11.1. The summed E-state index contributed by atoms with van der Waals surface area (Å²) in [5.74, 6) is -0.607. The lowest BCUT2D eigenvalue weighted by atomic mass is 10.1. The summed E-state index contributed by atoms with van der Waals surface area (Å²) in [5, 5.41) is 14.6. The minimum atomic E-state index is -0.463. The topological polar surface area (TPSA) is 75.5 Å². The van der Waals surface area contributed by atoms with E-state index < -0.39 is 4.92 Å². The van der Waals surface area contributed by atoms with Crippen LogP contribution in [0.2, 0.25) is 0 Å². The summed E-state index contributed by atoms with van der Waals surface area (Å²) in [6.07, 6.45) is 3.79. The molecular weight excluding hydrogens is 349 g/mol. The summed E-state index contributed by atoms with van der Waals surface area (Å²) >= 11 is 0. The fourth-order valence-corrected chi connectivity index (χ4v) is 3.14. The van der Waals surface area contributed by atoms with Gasteiger partial charge in [-0.2, -0.15) is 0 Å². The Morgan fingerprint density at radius 1 is 1.19 bits per heavy atom. The number of amides is 1. The van der Waals surface area contributed by atoms with Crippen LogP contribution in [0.4, 0.5) is 15.8 Å². The summed E-state index contributed by atoms with van der Waals surface area (Å²) in [5.41, 5.74) is 1.35. The molecule has 2 aliphatic rings. The van der Waals surface area contributed by atoms with Crippen LogP contribution in [0.3, 0.4) is 0 Å². The van der Waals surface area contributed by atoms with Crippen molar-refractivity contribution < 1.29 is 14.1 Å². The summed E-state index contributed by atoms with van der Waals surface area (Å²) in [4.78, 5) is 25.7. The maximum atomic E-state index is 13.5. The molecule has 2 aromatic rings. The second-order valence-corrected chi connectivity index (χ2v) is 7.20. The van der Waals surface area contributed by atoms with Crippen molar-refractivity contribution in [3.05, 3.63) is 69.5 Å². The zero-order valence-corrected chi connectivity index (χ0v) is 14.7. The largest absolute Gasteiger partial charge is 0.377 e. The smallest absolute Gasteiger partial charge is 0.293 e. The molecular formula is C20H20FN3O3. The van der Waals surface area contributed by atoms with Gasteiger partial charge in [0.25, 0.3) is 11.6 Å². The van der Waals surface area contributed by atoms with Crippen LogP contribution in [0.15, 0.2) is 42.5 Å². The van der Waals surface area contributed by atoms with Gasteiger partial charge >= 0.3 is 0 Å². The molecule has 0 saturated heterocycles. The zero-order chi connectivity index (χ0) is 19.0. The van der Waals surface area contributed by atoms with E-state index in [-0.39, 0.29) is 41.6 Å². The van der Waals surface area contributed by atoms with Crippen molar-refractivity contribution in [2.75, 3.05) is 5.32 Å². The number of hydrogen-bond donors (Lipinski definition) is 1. The van der Waals surface area contributed by atoms with Crippen molar-refractivity contribution in [2.45, 2.75) is 44.3 Å². The quantitative estimate of drug-likeness (QED) is 0.589. The monoisotopic (exact) mass is 369 g/mol. The van der Waals surface area contributed by atoms with E-state index in [2.05, 4.69) is 5.32 Å². The average molecular weight is 369 g/mol. The van der Waals surface area contributed by atoms with Crippen molar-refractivity contribution in [3.8, 4) is 0 Å². The first-order valence-electron chi connectivity index (χ1n) is 9.11. The van der Waals surface area contributed by atoms with Gasteiger partial charge in [0.1, 0.15) is 11.5 Å². The van der Waals surface area contributed by atoms with Crippen LogP contribution in [0, 0.1) is 15.9 Å². The van der Waals surface area contributed by atoms with Gasteiger partial charge in [-0.3, -0.25) is 14.9 Å². The number of halogens is 1. The van der Waals surface area contributed by atoms with E-state index in [1.54, 1.807) is 29.2 Å². The van der Waals surface area contributed by atoms with Gasteiger partial charge in [-0.1, -0.05) is 12.1 Å². The van der Waals surface area contributed by atoms with Crippen LogP contribution < -0.4 is 5.32 Å². The van der Waals surface area contributed by atoms with Gasteiger partial charge < -0.3 is 10.2 Å². The molecule has 0 unspecified atom stereocenters. The molecule has 27 heavy (non-hydrogen) atoms. The molecule has 0 atom stereocenters. The maximum absolute atomic E-state index is 13.5. The third kappa shape index (κ3) is 4.07. The summed E-state index contributed by atoms with van der Waals surface area (Å²) < 4.78 is 13.5. The number of rotatable bonds is 7. The van der Waals surface area contributed by atoms with E-state index in [1.807, 2.05) is 0 Å². The standard InChI is InChI=1S/C20H20FN3O3/c21-15-3-1-2-13(10-15)12-23(17-7-8-17)20(25)14-4-9-18(22-16-5-6-16)19(11-14)24(26)27/h1-4,9-11,16-17,22H,5-8,12H2. The van der Waals surface area contributed by atoms with Crippen LogP contribution >= 0.6 is 0 Å². The second kappa shape index (κ2) is 6.98. The lowest BCUT2D eigenvalue weighted by Gasteiger charge is -2.23. The molecule has 0 heterocycles. The predicted octanol–water partition coefficient (Wildman–Crippen LogP) is 4.11. The number of nitrogens with zero attached hydrogens (tertiary/aromatic N) is 2. The number of carbonyl (C=O) groups is 1. The van der Waals surface area contributed by atoms with Gasteiger partial charge in [-0.25, -0.2) is 4.39 Å². The number of nitro groups is 1. The number of nitro benzene ring substituents is 1. The van der Waals surface area contributed by atoms with Gasteiger partial charge in [0.2, 0.25) is 0 Å². The van der Waals surface area contributed by atoms with Gasteiger partial charge in [-0.05, 0) is 55.5 Å². The maximum Gasteiger partial charge on any atom is 0.293 e. The molecule has 0 radical (unpaired) electrons. The van der Waals surface area contributed by atoms with Crippen LogP contribution in [-0.4, -0.2) is 27.8 Å². The molecule has 1 N–H and O–H groups in total. The van der Waals surface area contributed by atoms with Crippen molar-refractivity contribution in [1.29, 1.82) is 0 Å². The molecule has 4 rings (SSSR count). The minimum absolute atomic E-state index is 0.0887. The first-order valence-corrected chi connectivity index (χ1v) is 9.11. The van der Waals surface area contributed by atoms with E-state index in [9.17, 15) is 19.3 Å². The highest BCUT2D eigenvalue weighted by atomic mass is 19.1. The van der Waals surface area contributed by atoms with E-state index in [1.165, 1.54) is 18.2 Å². The van der Waals surface area contributed by atoms with Crippen LogP contribution in [0.25, 0.3) is 0 Å². The van der Waals surface area contributed by atoms with Crippen LogP contribution in [-0.2, 0) is 6.54 Å². The average Bonchev–Trinajstić information content (AvgIpc) is 3.53. The Hall–Kier alpha value is -2.96. The van der Waals surface area contributed by atoms with Gasteiger partial charge in [-0.15, -0.1) is 0 Å². The molecule has 2 saturated carbocycles. The van der Waals surface area contributed by atoms with Gasteiger partial charge in [0.15, 0.2) is 0 Å². The SMILES string of the molecule is O=C(c1ccc(NC2CC2)c([N+](=O)[O-])c1)N(Cc1cccc(F)c1)C1CC1. The molecule has 0 spiro atoms. The molecule has 1 amide bonds. The van der Waals surface area contributed by atoms with Crippen LogP contribution in [0.5, 0.6) is 0 Å². The highest BCUT2D eigenvalue weighted by molar-refractivity contribution is 5.96. The Morgan fingerprint density at radius 3 is 2.59 bits per heavy atom. The minimum Gasteiger partial charge on any atom is -0.377 e. The Kier molecular flexibility index (Phi) is 4.51. The van der Waals surface area contributed by atoms with Gasteiger partial charge in [0, 0.05) is 30.3 Å². The fourth-order valence-electron chi connectivity index (χ4n) is 3.14. The molecule has 2 aliphatic carbocycles. The molecule has 6 nitrogen and oxygen atoms in total. The summed E-state index contributed by atoms with van der Waals surface area (Å²) in [7, 11) is 0. The van der Waals surface area contributed by atoms with Crippen molar-refractivity contribution in [1.82, 2.24) is 4.90 Å². The highest BCUT2D eigenvalue weighted by Gasteiger charge is 2.34. The predicted molar refractivity (Wildman–Crippen MR) is 99.0 cm³/mol. The molecule has 0 aromatic heterocycles. The number of benzene rings is 2. The lowest BCUT2D eigenvalue weighted by molar-refractivity contribution is -0.384. The molecule has 2 fully saturated rings. The number of anilines is 1. The Bertz CT molecular complexity index is 894. The molecule has 140 valence electrons. The second-order valence-electron chi connectivity index (χ2n) is 7.20. The Morgan fingerprint density at radius 2 is 1.96 bits per heavy atom. The molecule has 0 bridgehead atoms. The van der Waals surface area contributed by atoms with E-state index in [0.29, 0.717) is 11.3 Å². The van der Waals surface area contributed by atoms with E-state index in [4.69, 9.17) is 0 Å². The number of carbonyl (C=O) groups excluding carboxylic acids is 1. The Labute approximate surface area is 156 Å². The summed E-state index contributed by atoms with van der Waals surface area (Å²) in [6.45, 7) is 0.289.